The lowest BCUT2D eigenvalue weighted by Crippen LogP contribution is -2.73. The lowest BCUT2D eigenvalue weighted by Gasteiger charge is -2.45. The molecular weight excluding hydrogens is 1150 g/mol. The highest BCUT2D eigenvalue weighted by Crippen LogP contribution is 2.63. The first kappa shape index (κ1) is 65.8. The van der Waals surface area contributed by atoms with E-state index in [1.54, 1.807) is 0 Å². The van der Waals surface area contributed by atoms with Gasteiger partial charge in [-0.2, -0.15) is 158 Å². The van der Waals surface area contributed by atoms with Crippen molar-refractivity contribution < 1.29 is 218 Å². The number of halogens is 42. The molecule has 0 saturated carbocycles. The van der Waals surface area contributed by atoms with E-state index >= 15 is 0 Å². The van der Waals surface area contributed by atoms with E-state index in [1.165, 1.54) is 0 Å². The van der Waals surface area contributed by atoms with Gasteiger partial charge in [0.05, 0.1) is 0 Å². The third-order valence-electron chi connectivity index (χ3n) is 6.28. The van der Waals surface area contributed by atoms with Gasteiger partial charge in [0, 0.05) is 0 Å². The van der Waals surface area contributed by atoms with Gasteiger partial charge >= 0.3 is 122 Å². The summed E-state index contributed by atoms with van der Waals surface area (Å²) in [6.45, 7) is 0. The van der Waals surface area contributed by atoms with Crippen LogP contribution in [0.1, 0.15) is 0 Å². The maximum absolute atomic E-state index is 14.7. The zero-order chi connectivity index (χ0) is 56.9. The quantitative estimate of drug-likeness (QED) is 0.127. The average Bonchev–Trinajstić information content (AvgIpc) is 2.97. The molecule has 0 rings (SSSR count). The standard InChI is InChI=1S/C20F42O7/c21-1(7(27,28)29,14(47,48)65-3(23,9(33,34)35)16(51,52)67-5(25,11(39,40)41)18(55,56)69-20(60,61)62)63-13(45,46)2(22,8(30,31)32)64-15(49,50)4(24,10(36,37)38)66-17(53,54)6(26,12(42,43)44)68-19(57,58)59. The van der Waals surface area contributed by atoms with Crippen LogP contribution in [0, 0.1) is 0 Å². The van der Waals surface area contributed by atoms with Crippen LogP contribution in [-0.4, -0.2) is 122 Å². The van der Waals surface area contributed by atoms with Gasteiger partial charge < -0.3 is 0 Å². The molecule has 0 amide bonds. The molecule has 0 aromatic heterocycles. The normalized spacial score (nSPS) is 21.1. The highest BCUT2D eigenvalue weighted by Gasteiger charge is 2.92. The Morgan fingerprint density at radius 3 is 0.333 bits per heavy atom. The second-order valence-corrected chi connectivity index (χ2v) is 11.3. The van der Waals surface area contributed by atoms with Crippen molar-refractivity contribution in [3.05, 3.63) is 0 Å². The molecule has 6 atom stereocenters. The summed E-state index contributed by atoms with van der Waals surface area (Å²) < 4.78 is 569. The number of hydrogen-bond acceptors (Lipinski definition) is 7. The fraction of sp³-hybridized carbons (Fsp3) is 1.00. The van der Waals surface area contributed by atoms with Crippen molar-refractivity contribution >= 4 is 0 Å². The van der Waals surface area contributed by atoms with E-state index in [2.05, 4.69) is 0 Å². The Morgan fingerprint density at radius 1 is 0.130 bits per heavy atom. The molecule has 49 heteroatoms. The molecule has 0 aromatic carbocycles. The molecule has 7 nitrogen and oxygen atoms in total. The third-order valence-corrected chi connectivity index (χ3v) is 6.28. The molecule has 0 aliphatic rings. The lowest BCUT2D eigenvalue weighted by molar-refractivity contribution is -0.608. The van der Waals surface area contributed by atoms with Gasteiger partial charge in [-0.05, 0) is 0 Å². The molecule has 416 valence electrons. The Morgan fingerprint density at radius 2 is 0.232 bits per heavy atom. The first-order chi connectivity index (χ1) is 28.9. The van der Waals surface area contributed by atoms with Gasteiger partial charge in [-0.15, -0.1) is 26.3 Å². The summed E-state index contributed by atoms with van der Waals surface area (Å²) in [5.74, 6) is -56.8. The SMILES string of the molecule is FC(F)(F)OC(F)(F)C(F)(OC(F)(F)C(F)(OC(F)(F)C(F)(OC(F)(F)C(F)(OC(F)(F)C(F)(OC(F)(F)C(F)(OC(F)(F)F)C(F)(F)F)C(F)(F)F)C(F)(F)F)C(F)(F)F)C(F)(F)F)C(F)(F)F. The van der Waals surface area contributed by atoms with Gasteiger partial charge in [-0.3, -0.25) is 23.7 Å². The zero-order valence-corrected chi connectivity index (χ0v) is 28.7. The number of hydrogen-bond donors (Lipinski definition) is 0. The smallest absolute Gasteiger partial charge is 0.263 e. The first-order valence-corrected chi connectivity index (χ1v) is 13.8. The molecular formula is C20F42O7. The maximum Gasteiger partial charge on any atom is 0.527 e. The summed E-state index contributed by atoms with van der Waals surface area (Å²) in [5, 5.41) is 0. The van der Waals surface area contributed by atoms with Gasteiger partial charge in [-0.1, -0.05) is 0 Å². The summed E-state index contributed by atoms with van der Waals surface area (Å²) in [6.07, 6.45) is -127. The Hall–Kier alpha value is -3.22. The molecule has 0 N–H and O–H groups in total. The van der Waals surface area contributed by atoms with Crippen LogP contribution in [-0.2, 0) is 33.2 Å². The fourth-order valence-corrected chi connectivity index (χ4v) is 3.28. The highest BCUT2D eigenvalue weighted by atomic mass is 19.5. The van der Waals surface area contributed by atoms with Crippen LogP contribution < -0.4 is 0 Å². The Kier molecular flexibility index (Phi) is 16.4. The summed E-state index contributed by atoms with van der Waals surface area (Å²) in [7, 11) is 0. The molecule has 0 heterocycles. The van der Waals surface area contributed by atoms with E-state index in [9.17, 15) is 184 Å². The molecule has 0 spiro atoms. The third kappa shape index (κ3) is 11.9. The maximum atomic E-state index is 14.7. The average molecular weight is 1150 g/mol. The van der Waals surface area contributed by atoms with Crippen LogP contribution in [0.15, 0.2) is 0 Å². The second-order valence-electron chi connectivity index (χ2n) is 11.3. The van der Waals surface area contributed by atoms with Crippen molar-refractivity contribution in [1.82, 2.24) is 0 Å². The van der Waals surface area contributed by atoms with E-state index < -0.39 is 122 Å². The summed E-state index contributed by atoms with van der Waals surface area (Å²) in [5.41, 5.74) is 0. The van der Waals surface area contributed by atoms with Crippen LogP contribution in [0.4, 0.5) is 184 Å². The summed E-state index contributed by atoms with van der Waals surface area (Å²) in [6, 6.07) is 0. The minimum absolute atomic E-state index is 0.542. The van der Waals surface area contributed by atoms with Crippen molar-refractivity contribution in [2.45, 2.75) is 122 Å². The molecule has 0 radical (unpaired) electrons. The highest BCUT2D eigenvalue weighted by molar-refractivity contribution is 5.01. The van der Waals surface area contributed by atoms with Gasteiger partial charge in [-0.25, -0.2) is 9.47 Å². The first-order valence-electron chi connectivity index (χ1n) is 13.8. The van der Waals surface area contributed by atoms with Crippen LogP contribution in [0.25, 0.3) is 0 Å². The van der Waals surface area contributed by atoms with Crippen molar-refractivity contribution in [3.63, 3.8) is 0 Å². The fourth-order valence-electron chi connectivity index (χ4n) is 3.28. The zero-order valence-electron chi connectivity index (χ0n) is 28.7. The van der Waals surface area contributed by atoms with Crippen LogP contribution in [0.3, 0.4) is 0 Å². The van der Waals surface area contributed by atoms with E-state index in [-0.39, 0.29) is 0 Å². The minimum atomic E-state index is -9.90. The molecule has 0 fully saturated rings. The van der Waals surface area contributed by atoms with Crippen molar-refractivity contribution in [3.8, 4) is 0 Å². The van der Waals surface area contributed by atoms with E-state index in [0.717, 1.165) is 18.9 Å². The Balaban J connectivity index is 8.27. The van der Waals surface area contributed by atoms with Crippen LogP contribution in [0.2, 0.25) is 0 Å². The van der Waals surface area contributed by atoms with E-state index in [4.69, 9.17) is 0 Å². The van der Waals surface area contributed by atoms with Gasteiger partial charge in [0.25, 0.3) is 0 Å². The number of alkyl halides is 42. The predicted octanol–water partition coefficient (Wildman–Crippen LogP) is 13.1. The topological polar surface area (TPSA) is 64.6 Å². The molecule has 0 aliphatic carbocycles. The van der Waals surface area contributed by atoms with Gasteiger partial charge in [0.15, 0.2) is 0 Å². The van der Waals surface area contributed by atoms with Crippen molar-refractivity contribution in [2.24, 2.45) is 0 Å². The monoisotopic (exact) mass is 1150 g/mol. The lowest BCUT2D eigenvalue weighted by atomic mass is 10.2. The Bertz CT molecular complexity index is 1760. The van der Waals surface area contributed by atoms with E-state index in [1.807, 2.05) is 0 Å². The molecule has 0 saturated heterocycles. The second kappa shape index (κ2) is 17.2. The van der Waals surface area contributed by atoms with Gasteiger partial charge in [0.1, 0.15) is 0 Å². The number of ether oxygens (including phenoxy) is 7. The molecule has 0 aliphatic heterocycles. The predicted molar refractivity (Wildman–Crippen MR) is 109 cm³/mol. The molecule has 6 unspecified atom stereocenters. The minimum Gasteiger partial charge on any atom is -0.263 e. The van der Waals surface area contributed by atoms with Crippen LogP contribution >= 0.6 is 0 Å². The molecule has 0 aromatic rings. The summed E-state index contributed by atoms with van der Waals surface area (Å²) >= 11 is 0. The number of rotatable bonds is 18. The Labute approximate surface area is 340 Å². The molecule has 0 bridgehead atoms. The van der Waals surface area contributed by atoms with Crippen molar-refractivity contribution in [1.29, 1.82) is 0 Å². The molecule has 69 heavy (non-hydrogen) atoms. The van der Waals surface area contributed by atoms with Gasteiger partial charge in [0.2, 0.25) is 0 Å². The summed E-state index contributed by atoms with van der Waals surface area (Å²) in [4.78, 5) is 0. The van der Waals surface area contributed by atoms with Crippen molar-refractivity contribution in [2.75, 3.05) is 0 Å². The van der Waals surface area contributed by atoms with E-state index in [0.29, 0.717) is 14.2 Å². The van der Waals surface area contributed by atoms with Crippen LogP contribution in [0.5, 0.6) is 0 Å². The largest absolute Gasteiger partial charge is 0.527 e.